The normalized spacial score (nSPS) is 15.1. The molecule has 6 nitrogen and oxygen atoms in total. The molecule has 0 aliphatic carbocycles. The maximum absolute atomic E-state index is 12.3. The average Bonchev–Trinajstić information content (AvgIpc) is 3.13. The molecule has 2 aromatic rings. The van der Waals surface area contributed by atoms with Gasteiger partial charge < -0.3 is 14.7 Å². The highest BCUT2D eigenvalue weighted by molar-refractivity contribution is 7.08. The largest absolute Gasteiger partial charge is 0.353 e. The van der Waals surface area contributed by atoms with Crippen LogP contribution in [0.3, 0.4) is 0 Å². The number of amides is 1. The van der Waals surface area contributed by atoms with Crippen molar-refractivity contribution in [2.75, 3.05) is 50.1 Å². The first-order valence-electron chi connectivity index (χ1n) is 7.88. The number of thiophene rings is 1. The second kappa shape index (κ2) is 7.44. The van der Waals surface area contributed by atoms with Crippen molar-refractivity contribution in [1.29, 1.82) is 0 Å². The summed E-state index contributed by atoms with van der Waals surface area (Å²) in [7, 11) is 3.85. The van der Waals surface area contributed by atoms with Crippen LogP contribution in [0.4, 0.5) is 11.8 Å². The molecule has 0 atom stereocenters. The third-order valence-electron chi connectivity index (χ3n) is 3.91. The third-order valence-corrected chi connectivity index (χ3v) is 4.61. The molecular formula is C17H21N5OS. The summed E-state index contributed by atoms with van der Waals surface area (Å²) in [5, 5.41) is 4.03. The van der Waals surface area contributed by atoms with E-state index < -0.39 is 0 Å². The molecule has 7 heteroatoms. The van der Waals surface area contributed by atoms with Gasteiger partial charge in [-0.15, -0.1) is 0 Å². The van der Waals surface area contributed by atoms with E-state index in [1.54, 1.807) is 23.6 Å². The fourth-order valence-corrected chi connectivity index (χ4v) is 3.16. The van der Waals surface area contributed by atoms with E-state index in [1.165, 1.54) is 0 Å². The van der Waals surface area contributed by atoms with Crippen LogP contribution in [0.5, 0.6) is 0 Å². The summed E-state index contributed by atoms with van der Waals surface area (Å²) in [5.41, 5.74) is 1.07. The maximum Gasteiger partial charge on any atom is 0.246 e. The van der Waals surface area contributed by atoms with Crippen molar-refractivity contribution in [3.63, 3.8) is 0 Å². The van der Waals surface area contributed by atoms with Crippen LogP contribution in [0, 0.1) is 0 Å². The monoisotopic (exact) mass is 343 g/mol. The molecule has 1 amide bonds. The molecule has 24 heavy (non-hydrogen) atoms. The Morgan fingerprint density at radius 3 is 2.71 bits per heavy atom. The van der Waals surface area contributed by atoms with Gasteiger partial charge in [0.1, 0.15) is 5.82 Å². The lowest BCUT2D eigenvalue weighted by molar-refractivity contribution is -0.126. The predicted octanol–water partition coefficient (Wildman–Crippen LogP) is 1.97. The number of rotatable bonds is 4. The third kappa shape index (κ3) is 3.91. The first-order chi connectivity index (χ1) is 11.6. The van der Waals surface area contributed by atoms with Gasteiger partial charge in [-0.3, -0.25) is 4.79 Å². The molecule has 3 heterocycles. The number of carbonyl (C=O) groups excluding carboxylic acids is 1. The van der Waals surface area contributed by atoms with Crippen LogP contribution in [0.1, 0.15) is 5.56 Å². The molecule has 0 N–H and O–H groups in total. The van der Waals surface area contributed by atoms with Crippen molar-refractivity contribution in [3.05, 3.63) is 40.7 Å². The predicted molar refractivity (Wildman–Crippen MR) is 98.5 cm³/mol. The SMILES string of the molecule is CN(C)c1nccc(N2CCN(C(=O)/C=C\c3ccsc3)CC2)n1. The molecule has 0 saturated carbocycles. The van der Waals surface area contributed by atoms with Crippen LogP contribution in [-0.4, -0.2) is 61.0 Å². The number of hydrogen-bond acceptors (Lipinski definition) is 6. The zero-order chi connectivity index (χ0) is 16.9. The number of piperazine rings is 1. The van der Waals surface area contributed by atoms with Crippen molar-refractivity contribution in [2.24, 2.45) is 0 Å². The van der Waals surface area contributed by atoms with Crippen molar-refractivity contribution < 1.29 is 4.79 Å². The molecule has 1 fully saturated rings. The number of nitrogens with zero attached hydrogens (tertiary/aromatic N) is 5. The highest BCUT2D eigenvalue weighted by atomic mass is 32.1. The second-order valence-corrected chi connectivity index (χ2v) is 6.59. The molecule has 0 spiro atoms. The lowest BCUT2D eigenvalue weighted by atomic mass is 10.2. The zero-order valence-corrected chi connectivity index (χ0v) is 14.7. The van der Waals surface area contributed by atoms with Crippen LogP contribution in [0.15, 0.2) is 35.2 Å². The van der Waals surface area contributed by atoms with E-state index in [2.05, 4.69) is 14.9 Å². The van der Waals surface area contributed by atoms with Gasteiger partial charge in [-0.05, 0) is 34.5 Å². The molecule has 0 radical (unpaired) electrons. The van der Waals surface area contributed by atoms with Gasteiger partial charge in [-0.25, -0.2) is 4.98 Å². The van der Waals surface area contributed by atoms with Crippen molar-refractivity contribution in [1.82, 2.24) is 14.9 Å². The van der Waals surface area contributed by atoms with Crippen LogP contribution in [0.25, 0.3) is 6.08 Å². The molecular weight excluding hydrogens is 322 g/mol. The Labute approximate surface area is 146 Å². The topological polar surface area (TPSA) is 52.6 Å². The van der Waals surface area contributed by atoms with Gasteiger partial charge in [-0.2, -0.15) is 16.3 Å². The van der Waals surface area contributed by atoms with Gasteiger partial charge in [0.05, 0.1) is 0 Å². The van der Waals surface area contributed by atoms with Gasteiger partial charge in [0.2, 0.25) is 11.9 Å². The summed E-state index contributed by atoms with van der Waals surface area (Å²) in [4.78, 5) is 27.0. The van der Waals surface area contributed by atoms with Crippen molar-refractivity contribution in [3.8, 4) is 0 Å². The smallest absolute Gasteiger partial charge is 0.246 e. The summed E-state index contributed by atoms with van der Waals surface area (Å²) in [5.74, 6) is 1.68. The van der Waals surface area contributed by atoms with Gasteiger partial charge >= 0.3 is 0 Å². The minimum Gasteiger partial charge on any atom is -0.353 e. The molecule has 3 rings (SSSR count). The highest BCUT2D eigenvalue weighted by Crippen LogP contribution is 2.16. The average molecular weight is 343 g/mol. The van der Waals surface area contributed by atoms with Gasteiger partial charge in [0, 0.05) is 52.5 Å². The maximum atomic E-state index is 12.3. The number of aromatic nitrogens is 2. The van der Waals surface area contributed by atoms with Crippen LogP contribution in [0.2, 0.25) is 0 Å². The second-order valence-electron chi connectivity index (χ2n) is 5.81. The van der Waals surface area contributed by atoms with E-state index in [0.717, 1.165) is 24.5 Å². The first-order valence-corrected chi connectivity index (χ1v) is 8.82. The molecule has 1 saturated heterocycles. The van der Waals surface area contributed by atoms with E-state index in [-0.39, 0.29) is 5.91 Å². The van der Waals surface area contributed by atoms with E-state index in [0.29, 0.717) is 19.0 Å². The minimum atomic E-state index is 0.0671. The first kappa shape index (κ1) is 16.4. The fourth-order valence-electron chi connectivity index (χ4n) is 2.53. The van der Waals surface area contributed by atoms with Crippen LogP contribution in [-0.2, 0) is 4.79 Å². The van der Waals surface area contributed by atoms with E-state index >= 15 is 0 Å². The van der Waals surface area contributed by atoms with E-state index in [1.807, 2.05) is 52.9 Å². The number of carbonyl (C=O) groups is 1. The molecule has 2 aromatic heterocycles. The Morgan fingerprint density at radius 1 is 1.25 bits per heavy atom. The summed E-state index contributed by atoms with van der Waals surface area (Å²) in [6.45, 7) is 2.96. The molecule has 0 unspecified atom stereocenters. The zero-order valence-electron chi connectivity index (χ0n) is 13.9. The van der Waals surface area contributed by atoms with Crippen LogP contribution >= 0.6 is 11.3 Å². The van der Waals surface area contributed by atoms with Gasteiger partial charge in [-0.1, -0.05) is 0 Å². The molecule has 1 aliphatic heterocycles. The van der Waals surface area contributed by atoms with Crippen molar-refractivity contribution in [2.45, 2.75) is 0 Å². The van der Waals surface area contributed by atoms with E-state index in [4.69, 9.17) is 0 Å². The Bertz CT molecular complexity index is 706. The summed E-state index contributed by atoms with van der Waals surface area (Å²) >= 11 is 1.63. The Hall–Kier alpha value is -2.41. The highest BCUT2D eigenvalue weighted by Gasteiger charge is 2.21. The standard InChI is InChI=1S/C17H21N5OS/c1-20(2)17-18-7-5-15(19-17)21-8-10-22(11-9-21)16(23)4-3-14-6-12-24-13-14/h3-7,12-13H,8-11H2,1-2H3/b4-3-. The summed E-state index contributed by atoms with van der Waals surface area (Å²) in [6.07, 6.45) is 5.31. The summed E-state index contributed by atoms with van der Waals surface area (Å²) in [6, 6.07) is 3.92. The molecule has 126 valence electrons. The lowest BCUT2D eigenvalue weighted by Crippen LogP contribution is -2.48. The summed E-state index contributed by atoms with van der Waals surface area (Å²) < 4.78 is 0. The molecule has 0 bridgehead atoms. The minimum absolute atomic E-state index is 0.0671. The van der Waals surface area contributed by atoms with Crippen molar-refractivity contribution >= 4 is 35.1 Å². The van der Waals surface area contributed by atoms with Crippen LogP contribution < -0.4 is 9.80 Å². The lowest BCUT2D eigenvalue weighted by Gasteiger charge is -2.35. The molecule has 0 aromatic carbocycles. The van der Waals surface area contributed by atoms with Gasteiger partial charge in [0.15, 0.2) is 0 Å². The fraction of sp³-hybridized carbons (Fsp3) is 0.353. The van der Waals surface area contributed by atoms with E-state index in [9.17, 15) is 4.79 Å². The Morgan fingerprint density at radius 2 is 2.04 bits per heavy atom. The Balaban J connectivity index is 1.57. The number of hydrogen-bond donors (Lipinski definition) is 0. The number of anilines is 2. The quantitative estimate of drug-likeness (QED) is 0.795. The molecule has 1 aliphatic rings. The van der Waals surface area contributed by atoms with Gasteiger partial charge in [0.25, 0.3) is 0 Å². The Kier molecular flexibility index (Phi) is 5.10.